The Balaban J connectivity index is 2.26. The lowest BCUT2D eigenvalue weighted by atomic mass is 10.1. The molecule has 18 heavy (non-hydrogen) atoms. The molecule has 0 saturated carbocycles. The second-order valence-corrected chi connectivity index (χ2v) is 5.13. The molecule has 1 aromatic heterocycles. The van der Waals surface area contributed by atoms with E-state index >= 15 is 0 Å². The first-order valence-electron chi connectivity index (χ1n) is 6.36. The van der Waals surface area contributed by atoms with Crippen LogP contribution in [0.1, 0.15) is 27.2 Å². The minimum Gasteiger partial charge on any atom is -0.489 e. The second-order valence-electron chi connectivity index (χ2n) is 5.13. The molecule has 0 fully saturated rings. The van der Waals surface area contributed by atoms with Crippen molar-refractivity contribution in [3.05, 3.63) is 30.6 Å². The molecule has 96 valence electrons. The molecule has 1 heterocycles. The maximum atomic E-state index is 6.15. The molecule has 2 aromatic rings. The Hall–Kier alpha value is -1.77. The fourth-order valence-electron chi connectivity index (χ4n) is 2.20. The molecule has 0 spiro atoms. The van der Waals surface area contributed by atoms with Gasteiger partial charge in [-0.1, -0.05) is 13.8 Å². The van der Waals surface area contributed by atoms with Gasteiger partial charge >= 0.3 is 0 Å². The molecule has 1 unspecified atom stereocenters. The van der Waals surface area contributed by atoms with Crippen molar-refractivity contribution in [1.82, 2.24) is 4.98 Å². The molecular formula is C15H20N2O. The molecule has 1 atom stereocenters. The lowest BCUT2D eigenvalue weighted by Crippen LogP contribution is -2.15. The van der Waals surface area contributed by atoms with Crippen molar-refractivity contribution in [2.45, 2.75) is 33.3 Å². The number of nitrogens with zero attached hydrogens (tertiary/aromatic N) is 1. The summed E-state index contributed by atoms with van der Waals surface area (Å²) in [6, 6.07) is 5.84. The van der Waals surface area contributed by atoms with E-state index in [4.69, 9.17) is 10.5 Å². The van der Waals surface area contributed by atoms with Crippen molar-refractivity contribution in [1.29, 1.82) is 0 Å². The smallest absolute Gasteiger partial charge is 0.143 e. The summed E-state index contributed by atoms with van der Waals surface area (Å²) in [5, 5.41) is 2.04. The average molecular weight is 244 g/mol. The summed E-state index contributed by atoms with van der Waals surface area (Å²) in [5.74, 6) is 1.38. The highest BCUT2D eigenvalue weighted by atomic mass is 16.5. The molecule has 0 amide bonds. The van der Waals surface area contributed by atoms with E-state index in [1.54, 1.807) is 6.20 Å². The first-order valence-corrected chi connectivity index (χ1v) is 6.36. The van der Waals surface area contributed by atoms with E-state index in [2.05, 4.69) is 25.8 Å². The van der Waals surface area contributed by atoms with Gasteiger partial charge in [0.1, 0.15) is 5.75 Å². The molecular weight excluding hydrogens is 224 g/mol. The van der Waals surface area contributed by atoms with Crippen molar-refractivity contribution >= 4 is 16.5 Å². The van der Waals surface area contributed by atoms with Gasteiger partial charge in [-0.05, 0) is 37.5 Å². The third-order valence-electron chi connectivity index (χ3n) is 2.95. The number of fused-ring (bicyclic) bond motifs is 1. The number of nitrogen functional groups attached to an aromatic ring is 1. The number of pyridine rings is 1. The molecule has 3 nitrogen and oxygen atoms in total. The monoisotopic (exact) mass is 244 g/mol. The van der Waals surface area contributed by atoms with Gasteiger partial charge in [0.2, 0.25) is 0 Å². The zero-order valence-corrected chi connectivity index (χ0v) is 11.2. The summed E-state index contributed by atoms with van der Waals surface area (Å²) in [5.41, 5.74) is 6.84. The largest absolute Gasteiger partial charge is 0.489 e. The summed E-state index contributed by atoms with van der Waals surface area (Å²) in [6.07, 6.45) is 4.76. The van der Waals surface area contributed by atoms with Crippen molar-refractivity contribution in [2.75, 3.05) is 5.73 Å². The van der Waals surface area contributed by atoms with Crippen molar-refractivity contribution in [3.8, 4) is 5.75 Å². The van der Waals surface area contributed by atoms with Crippen LogP contribution in [0.3, 0.4) is 0 Å². The van der Waals surface area contributed by atoms with Gasteiger partial charge in [0.05, 0.1) is 11.8 Å². The average Bonchev–Trinajstić information content (AvgIpc) is 2.32. The number of nitrogens with two attached hydrogens (primary N) is 1. The van der Waals surface area contributed by atoms with Gasteiger partial charge in [0.25, 0.3) is 0 Å². The fourth-order valence-corrected chi connectivity index (χ4v) is 2.20. The second kappa shape index (κ2) is 5.25. The van der Waals surface area contributed by atoms with Crippen LogP contribution in [-0.4, -0.2) is 11.1 Å². The Morgan fingerprint density at radius 3 is 2.72 bits per heavy atom. The number of benzene rings is 1. The van der Waals surface area contributed by atoms with E-state index in [1.807, 2.05) is 24.4 Å². The zero-order valence-electron chi connectivity index (χ0n) is 11.2. The van der Waals surface area contributed by atoms with Crippen LogP contribution in [0.15, 0.2) is 30.6 Å². The molecule has 0 bridgehead atoms. The standard InChI is InChI=1S/C15H20N2O/c1-10(2)8-11(3)18-14-5-4-12-9-17-7-6-13(12)15(14)16/h4-7,9-11H,8,16H2,1-3H3. The number of hydrogen-bond acceptors (Lipinski definition) is 3. The Bertz CT molecular complexity index is 537. The quantitative estimate of drug-likeness (QED) is 0.835. The highest BCUT2D eigenvalue weighted by molar-refractivity contribution is 5.95. The van der Waals surface area contributed by atoms with Gasteiger partial charge in [-0.25, -0.2) is 0 Å². The Kier molecular flexibility index (Phi) is 3.70. The van der Waals surface area contributed by atoms with Gasteiger partial charge in [0, 0.05) is 23.2 Å². The van der Waals surface area contributed by atoms with E-state index in [9.17, 15) is 0 Å². The maximum absolute atomic E-state index is 6.15. The fraction of sp³-hybridized carbons (Fsp3) is 0.400. The predicted molar refractivity (Wildman–Crippen MR) is 75.7 cm³/mol. The molecule has 0 radical (unpaired) electrons. The van der Waals surface area contributed by atoms with Crippen molar-refractivity contribution < 1.29 is 4.74 Å². The van der Waals surface area contributed by atoms with Crippen LogP contribution in [0.5, 0.6) is 5.75 Å². The molecule has 0 saturated heterocycles. The van der Waals surface area contributed by atoms with Crippen molar-refractivity contribution in [3.63, 3.8) is 0 Å². The lowest BCUT2D eigenvalue weighted by Gasteiger charge is -2.18. The van der Waals surface area contributed by atoms with Gasteiger partial charge in [-0.2, -0.15) is 0 Å². The van der Waals surface area contributed by atoms with Crippen LogP contribution in [0.4, 0.5) is 5.69 Å². The van der Waals surface area contributed by atoms with Crippen LogP contribution < -0.4 is 10.5 Å². The third-order valence-corrected chi connectivity index (χ3v) is 2.95. The van der Waals surface area contributed by atoms with E-state index in [0.29, 0.717) is 11.6 Å². The molecule has 3 heteroatoms. The van der Waals surface area contributed by atoms with E-state index in [0.717, 1.165) is 22.9 Å². The minimum absolute atomic E-state index is 0.173. The molecule has 0 aliphatic carbocycles. The maximum Gasteiger partial charge on any atom is 0.143 e. The topological polar surface area (TPSA) is 48.1 Å². The van der Waals surface area contributed by atoms with Crippen LogP contribution >= 0.6 is 0 Å². The normalized spacial score (nSPS) is 12.9. The van der Waals surface area contributed by atoms with Crippen molar-refractivity contribution in [2.24, 2.45) is 5.92 Å². The van der Waals surface area contributed by atoms with E-state index in [-0.39, 0.29) is 6.10 Å². The zero-order chi connectivity index (χ0) is 13.1. The van der Waals surface area contributed by atoms with Gasteiger partial charge in [-0.15, -0.1) is 0 Å². The third kappa shape index (κ3) is 2.73. The number of aromatic nitrogens is 1. The summed E-state index contributed by atoms with van der Waals surface area (Å²) in [4.78, 5) is 4.09. The summed E-state index contributed by atoms with van der Waals surface area (Å²) < 4.78 is 5.92. The van der Waals surface area contributed by atoms with E-state index in [1.165, 1.54) is 0 Å². The van der Waals surface area contributed by atoms with Crippen LogP contribution in [0.25, 0.3) is 10.8 Å². The van der Waals surface area contributed by atoms with Gasteiger partial charge in [-0.3, -0.25) is 4.98 Å². The molecule has 0 aliphatic heterocycles. The number of rotatable bonds is 4. The number of anilines is 1. The van der Waals surface area contributed by atoms with Crippen LogP contribution in [-0.2, 0) is 0 Å². The molecule has 2 rings (SSSR count). The number of hydrogen-bond donors (Lipinski definition) is 1. The summed E-state index contributed by atoms with van der Waals surface area (Å²) in [7, 11) is 0. The Labute approximate surface area is 108 Å². The first-order chi connectivity index (χ1) is 8.58. The molecule has 0 aliphatic rings. The minimum atomic E-state index is 0.173. The van der Waals surface area contributed by atoms with E-state index < -0.39 is 0 Å². The molecule has 2 N–H and O–H groups in total. The Morgan fingerprint density at radius 2 is 2.00 bits per heavy atom. The van der Waals surface area contributed by atoms with Gasteiger partial charge in [0.15, 0.2) is 0 Å². The van der Waals surface area contributed by atoms with Gasteiger partial charge < -0.3 is 10.5 Å². The Morgan fingerprint density at radius 1 is 1.22 bits per heavy atom. The van der Waals surface area contributed by atoms with Crippen LogP contribution in [0, 0.1) is 5.92 Å². The van der Waals surface area contributed by atoms with Crippen LogP contribution in [0.2, 0.25) is 0 Å². The lowest BCUT2D eigenvalue weighted by molar-refractivity contribution is 0.194. The summed E-state index contributed by atoms with van der Waals surface area (Å²) >= 11 is 0. The number of ether oxygens (including phenoxy) is 1. The first kappa shape index (κ1) is 12.7. The predicted octanol–water partition coefficient (Wildman–Crippen LogP) is 3.63. The highest BCUT2D eigenvalue weighted by Crippen LogP contribution is 2.31. The molecule has 1 aromatic carbocycles. The highest BCUT2D eigenvalue weighted by Gasteiger charge is 2.10. The summed E-state index contributed by atoms with van der Waals surface area (Å²) in [6.45, 7) is 6.46. The SMILES string of the molecule is CC(C)CC(C)Oc1ccc2cnccc2c1N.